The van der Waals surface area contributed by atoms with Gasteiger partial charge >= 0.3 is 6.03 Å². The van der Waals surface area contributed by atoms with E-state index in [4.69, 9.17) is 11.6 Å². The molecule has 0 aliphatic heterocycles. The van der Waals surface area contributed by atoms with E-state index in [9.17, 15) is 15.2 Å². The summed E-state index contributed by atoms with van der Waals surface area (Å²) in [5, 5.41) is 22.6. The number of carbonyl (C=O) groups excluding carboxylic acids is 1. The third-order valence-corrected chi connectivity index (χ3v) is 6.66. The van der Waals surface area contributed by atoms with E-state index in [-0.39, 0.29) is 17.9 Å². The molecule has 0 aliphatic rings. The standard InChI is InChI=1S/C21H26ClN3O2S2/c1-11(2)14-8-7-13(10-23)17(12(3)4)18(14)24-20(26)25-29-16-9-15(19(22)28-16)21(5,6)27/h7-9,11-12,27H,1-6H3,(H2,24,25,26). The second-order valence-electron chi connectivity index (χ2n) is 7.88. The quantitative estimate of drug-likeness (QED) is 0.433. The lowest BCUT2D eigenvalue weighted by atomic mass is 9.89. The number of nitriles is 1. The molecule has 2 rings (SSSR count). The zero-order chi connectivity index (χ0) is 21.9. The minimum Gasteiger partial charge on any atom is -0.386 e. The van der Waals surface area contributed by atoms with Gasteiger partial charge in [-0.3, -0.25) is 4.72 Å². The van der Waals surface area contributed by atoms with Crippen LogP contribution in [0.4, 0.5) is 10.5 Å². The van der Waals surface area contributed by atoms with Crippen LogP contribution >= 0.6 is 34.9 Å². The Hall–Kier alpha value is -1.72. The number of rotatable bonds is 6. The minimum absolute atomic E-state index is 0.0803. The van der Waals surface area contributed by atoms with Gasteiger partial charge in [-0.2, -0.15) is 5.26 Å². The summed E-state index contributed by atoms with van der Waals surface area (Å²) < 4.78 is 4.02. The predicted molar refractivity (Wildman–Crippen MR) is 122 cm³/mol. The molecule has 0 aliphatic carbocycles. The zero-order valence-corrected chi connectivity index (χ0v) is 19.8. The molecular weight excluding hydrogens is 426 g/mol. The van der Waals surface area contributed by atoms with Crippen molar-refractivity contribution >= 4 is 46.6 Å². The van der Waals surface area contributed by atoms with Crippen molar-refractivity contribution in [3.63, 3.8) is 0 Å². The van der Waals surface area contributed by atoms with Gasteiger partial charge in [0.05, 0.1) is 27.1 Å². The van der Waals surface area contributed by atoms with Crippen LogP contribution in [0.15, 0.2) is 22.4 Å². The van der Waals surface area contributed by atoms with Crippen LogP contribution in [0.25, 0.3) is 0 Å². The molecule has 0 saturated carbocycles. The second kappa shape index (κ2) is 9.40. The maximum absolute atomic E-state index is 12.6. The molecule has 29 heavy (non-hydrogen) atoms. The summed E-state index contributed by atoms with van der Waals surface area (Å²) in [5.74, 6) is 0.269. The number of thiophene rings is 1. The van der Waals surface area contributed by atoms with Crippen LogP contribution in [0.5, 0.6) is 0 Å². The highest BCUT2D eigenvalue weighted by molar-refractivity contribution is 7.99. The Balaban J connectivity index is 2.24. The molecule has 0 spiro atoms. The van der Waals surface area contributed by atoms with Crippen molar-refractivity contribution in [2.75, 3.05) is 5.32 Å². The number of nitrogens with one attached hydrogen (secondary N) is 2. The molecule has 0 radical (unpaired) electrons. The van der Waals surface area contributed by atoms with E-state index < -0.39 is 5.60 Å². The smallest absolute Gasteiger partial charge is 0.329 e. The summed E-state index contributed by atoms with van der Waals surface area (Å²) in [5.41, 5.74) is 2.64. The van der Waals surface area contributed by atoms with E-state index in [2.05, 4.69) is 30.0 Å². The Morgan fingerprint density at radius 2 is 1.93 bits per heavy atom. The first kappa shape index (κ1) is 23.6. The maximum atomic E-state index is 12.6. The van der Waals surface area contributed by atoms with Crippen molar-refractivity contribution in [3.05, 3.63) is 44.8 Å². The molecule has 0 fully saturated rings. The fraction of sp³-hybridized carbons (Fsp3) is 0.429. The van der Waals surface area contributed by atoms with Gasteiger partial charge in [0.15, 0.2) is 0 Å². The lowest BCUT2D eigenvalue weighted by molar-refractivity contribution is 0.0790. The molecule has 0 bridgehead atoms. The molecule has 8 heteroatoms. The highest BCUT2D eigenvalue weighted by atomic mass is 35.5. The van der Waals surface area contributed by atoms with Crippen LogP contribution in [-0.2, 0) is 5.60 Å². The molecule has 0 atom stereocenters. The van der Waals surface area contributed by atoms with Crippen LogP contribution < -0.4 is 10.0 Å². The largest absolute Gasteiger partial charge is 0.386 e. The van der Waals surface area contributed by atoms with Gasteiger partial charge in [-0.1, -0.05) is 45.4 Å². The summed E-state index contributed by atoms with van der Waals surface area (Å²) in [6, 6.07) is 7.32. The van der Waals surface area contributed by atoms with Crippen LogP contribution in [0, 0.1) is 11.3 Å². The minimum atomic E-state index is -1.05. The van der Waals surface area contributed by atoms with Crippen molar-refractivity contribution in [2.45, 2.75) is 63.2 Å². The van der Waals surface area contributed by atoms with Crippen LogP contribution in [-0.4, -0.2) is 11.1 Å². The SMILES string of the molecule is CC(C)c1ccc(C#N)c(C(C)C)c1NC(=O)NSc1cc(C(C)(C)O)c(Cl)s1. The van der Waals surface area contributed by atoms with Gasteiger partial charge in [0.25, 0.3) is 0 Å². The normalized spacial score (nSPS) is 11.6. The van der Waals surface area contributed by atoms with Crippen LogP contribution in [0.3, 0.4) is 0 Å². The number of hydrogen-bond donors (Lipinski definition) is 3. The van der Waals surface area contributed by atoms with E-state index in [0.717, 1.165) is 27.3 Å². The predicted octanol–water partition coefficient (Wildman–Crippen LogP) is 6.58. The van der Waals surface area contributed by atoms with Crippen LogP contribution in [0.2, 0.25) is 4.34 Å². The summed E-state index contributed by atoms with van der Waals surface area (Å²) in [6.45, 7) is 11.4. The van der Waals surface area contributed by atoms with Gasteiger partial charge in [-0.15, -0.1) is 11.3 Å². The van der Waals surface area contributed by atoms with E-state index in [1.54, 1.807) is 19.9 Å². The van der Waals surface area contributed by atoms with Crippen molar-refractivity contribution in [2.24, 2.45) is 0 Å². The van der Waals surface area contributed by atoms with Gasteiger partial charge in [0, 0.05) is 5.56 Å². The first-order chi connectivity index (χ1) is 13.5. The number of amides is 2. The van der Waals surface area contributed by atoms with Gasteiger partial charge < -0.3 is 10.4 Å². The van der Waals surface area contributed by atoms with E-state index in [1.807, 2.05) is 26.0 Å². The number of carbonyl (C=O) groups is 1. The van der Waals surface area contributed by atoms with E-state index in [0.29, 0.717) is 21.2 Å². The van der Waals surface area contributed by atoms with E-state index >= 15 is 0 Å². The molecule has 156 valence electrons. The van der Waals surface area contributed by atoms with Crippen molar-refractivity contribution in [3.8, 4) is 6.07 Å². The number of aliphatic hydroxyl groups is 1. The molecule has 2 aromatic rings. The zero-order valence-electron chi connectivity index (χ0n) is 17.4. The summed E-state index contributed by atoms with van der Waals surface area (Å²) >= 11 is 8.63. The highest BCUT2D eigenvalue weighted by Gasteiger charge is 2.23. The molecular formula is C21H26ClN3O2S2. The Morgan fingerprint density at radius 3 is 2.41 bits per heavy atom. The van der Waals surface area contributed by atoms with E-state index in [1.165, 1.54) is 11.3 Å². The summed E-state index contributed by atoms with van der Waals surface area (Å²) in [4.78, 5) is 12.6. The fourth-order valence-electron chi connectivity index (χ4n) is 3.00. The number of hydrogen-bond acceptors (Lipinski definition) is 5. The number of urea groups is 1. The van der Waals surface area contributed by atoms with Crippen molar-refractivity contribution in [1.29, 1.82) is 5.26 Å². The van der Waals surface area contributed by atoms with Gasteiger partial charge in [-0.05, 0) is 60.9 Å². The fourth-order valence-corrected chi connectivity index (χ4v) is 5.41. The lowest BCUT2D eigenvalue weighted by Crippen LogP contribution is -2.24. The van der Waals surface area contributed by atoms with Crippen LogP contribution in [0.1, 0.15) is 75.6 Å². The maximum Gasteiger partial charge on any atom is 0.329 e. The Kier molecular flexibility index (Phi) is 7.63. The highest BCUT2D eigenvalue weighted by Crippen LogP contribution is 2.39. The molecule has 2 amide bonds. The molecule has 1 aromatic carbocycles. The molecule has 5 nitrogen and oxygen atoms in total. The number of halogens is 1. The Bertz CT molecular complexity index is 941. The average Bonchev–Trinajstić information content (AvgIpc) is 3.00. The number of nitrogens with zero attached hydrogens (tertiary/aromatic N) is 1. The first-order valence-corrected chi connectivity index (χ1v) is 11.3. The number of benzene rings is 1. The topological polar surface area (TPSA) is 85.2 Å². The molecule has 0 saturated heterocycles. The molecule has 1 aromatic heterocycles. The van der Waals surface area contributed by atoms with Gasteiger partial charge in [0.1, 0.15) is 4.34 Å². The lowest BCUT2D eigenvalue weighted by Gasteiger charge is -2.21. The van der Waals surface area contributed by atoms with Gasteiger partial charge in [0.2, 0.25) is 0 Å². The second-order valence-corrected chi connectivity index (χ2v) is 10.6. The average molecular weight is 452 g/mol. The molecule has 3 N–H and O–H groups in total. The molecule has 1 heterocycles. The van der Waals surface area contributed by atoms with Crippen molar-refractivity contribution in [1.82, 2.24) is 4.72 Å². The van der Waals surface area contributed by atoms with Crippen molar-refractivity contribution < 1.29 is 9.90 Å². The monoisotopic (exact) mass is 451 g/mol. The number of anilines is 1. The first-order valence-electron chi connectivity index (χ1n) is 9.28. The third kappa shape index (κ3) is 5.67. The third-order valence-electron chi connectivity index (χ3n) is 4.40. The molecule has 0 unspecified atom stereocenters. The van der Waals surface area contributed by atoms with Gasteiger partial charge in [-0.25, -0.2) is 4.79 Å². The Labute approximate surface area is 185 Å². The summed E-state index contributed by atoms with van der Waals surface area (Å²) in [7, 11) is 0. The Morgan fingerprint density at radius 1 is 1.28 bits per heavy atom. The summed E-state index contributed by atoms with van der Waals surface area (Å²) in [6.07, 6.45) is 0.